The van der Waals surface area contributed by atoms with Gasteiger partial charge in [0.05, 0.1) is 12.0 Å². The molecule has 0 saturated carbocycles. The molecule has 0 saturated heterocycles. The minimum Gasteiger partial charge on any atom is -0.497 e. The Morgan fingerprint density at radius 1 is 0.857 bits per heavy atom. The van der Waals surface area contributed by atoms with Crippen molar-refractivity contribution in [3.63, 3.8) is 0 Å². The van der Waals surface area contributed by atoms with Crippen molar-refractivity contribution in [3.8, 4) is 5.75 Å². The van der Waals surface area contributed by atoms with E-state index in [2.05, 4.69) is 24.3 Å². The summed E-state index contributed by atoms with van der Waals surface area (Å²) >= 11 is 0. The molecule has 4 nitrogen and oxygen atoms in total. The number of methoxy groups -OCH3 is 1. The summed E-state index contributed by atoms with van der Waals surface area (Å²) in [5.74, 6) is 0.781. The highest BCUT2D eigenvalue weighted by Crippen LogP contribution is 2.38. The molecule has 0 radical (unpaired) electrons. The zero-order chi connectivity index (χ0) is 20.3. The van der Waals surface area contributed by atoms with Gasteiger partial charge in [0.25, 0.3) is 5.69 Å². The van der Waals surface area contributed by atoms with Gasteiger partial charge in [-0.2, -0.15) is 0 Å². The van der Waals surface area contributed by atoms with Gasteiger partial charge in [-0.1, -0.05) is 69.3 Å². The quantitative estimate of drug-likeness (QED) is 0.308. The van der Waals surface area contributed by atoms with E-state index in [1.807, 2.05) is 63.2 Å². The van der Waals surface area contributed by atoms with E-state index in [1.165, 1.54) is 0 Å². The van der Waals surface area contributed by atoms with E-state index in [9.17, 15) is 10.1 Å². The van der Waals surface area contributed by atoms with Crippen LogP contribution in [0, 0.1) is 10.1 Å². The Morgan fingerprint density at radius 2 is 1.43 bits per heavy atom. The van der Waals surface area contributed by atoms with Crippen molar-refractivity contribution in [2.45, 2.75) is 32.1 Å². The molecule has 1 unspecified atom stereocenters. The van der Waals surface area contributed by atoms with Crippen molar-refractivity contribution in [1.82, 2.24) is 0 Å². The second kappa shape index (κ2) is 7.85. The highest BCUT2D eigenvalue weighted by Gasteiger charge is 2.27. The molecule has 0 spiro atoms. The molecule has 3 aromatic carbocycles. The Hall–Kier alpha value is -3.14. The predicted octanol–water partition coefficient (Wildman–Crippen LogP) is 6.08. The van der Waals surface area contributed by atoms with Crippen LogP contribution in [0.15, 0.2) is 72.8 Å². The van der Waals surface area contributed by atoms with Crippen molar-refractivity contribution >= 4 is 5.69 Å². The SMILES string of the molecule is COc1ccc(C(c2ccccc2)c2ccc([N+](=O)[O-])c(C(C)(C)C)c2)cc1. The second-order valence-electron chi connectivity index (χ2n) is 7.90. The van der Waals surface area contributed by atoms with Crippen LogP contribution in [0.5, 0.6) is 5.75 Å². The van der Waals surface area contributed by atoms with E-state index < -0.39 is 0 Å². The van der Waals surface area contributed by atoms with E-state index in [4.69, 9.17) is 4.74 Å². The van der Waals surface area contributed by atoms with Crippen molar-refractivity contribution in [3.05, 3.63) is 105 Å². The molecule has 28 heavy (non-hydrogen) atoms. The first-order chi connectivity index (χ1) is 13.3. The van der Waals surface area contributed by atoms with E-state index in [-0.39, 0.29) is 21.9 Å². The number of ether oxygens (including phenoxy) is 1. The first-order valence-corrected chi connectivity index (χ1v) is 9.29. The highest BCUT2D eigenvalue weighted by molar-refractivity contribution is 5.52. The van der Waals surface area contributed by atoms with E-state index in [1.54, 1.807) is 13.2 Å². The van der Waals surface area contributed by atoms with Crippen LogP contribution in [0.2, 0.25) is 0 Å². The van der Waals surface area contributed by atoms with Gasteiger partial charge in [0.1, 0.15) is 5.75 Å². The van der Waals surface area contributed by atoms with Crippen LogP contribution < -0.4 is 4.74 Å². The summed E-state index contributed by atoms with van der Waals surface area (Å²) in [4.78, 5) is 11.3. The number of nitrogens with zero attached hydrogens (tertiary/aromatic N) is 1. The molecular weight excluding hydrogens is 350 g/mol. The molecule has 0 amide bonds. The van der Waals surface area contributed by atoms with Crippen LogP contribution in [-0.4, -0.2) is 12.0 Å². The fraction of sp³-hybridized carbons (Fsp3) is 0.250. The number of rotatable bonds is 5. The highest BCUT2D eigenvalue weighted by atomic mass is 16.6. The van der Waals surface area contributed by atoms with Crippen molar-refractivity contribution in [2.24, 2.45) is 0 Å². The Balaban J connectivity index is 2.19. The Morgan fingerprint density at radius 3 is 1.96 bits per heavy atom. The van der Waals surface area contributed by atoms with Crippen molar-refractivity contribution < 1.29 is 9.66 Å². The lowest BCUT2D eigenvalue weighted by Crippen LogP contribution is -2.15. The van der Waals surface area contributed by atoms with Gasteiger partial charge in [0, 0.05) is 17.5 Å². The minimum absolute atomic E-state index is 0.0194. The van der Waals surface area contributed by atoms with Gasteiger partial charge in [-0.3, -0.25) is 10.1 Å². The molecule has 3 rings (SSSR count). The first kappa shape index (κ1) is 19.6. The lowest BCUT2D eigenvalue weighted by Gasteiger charge is -2.24. The standard InChI is InChI=1S/C24H25NO3/c1-24(2,3)21-16-19(12-15-22(21)25(26)27)23(17-8-6-5-7-9-17)18-10-13-20(28-4)14-11-18/h5-16,23H,1-4H3. The number of nitro benzene ring substituents is 1. The Bertz CT molecular complexity index is 957. The fourth-order valence-electron chi connectivity index (χ4n) is 3.51. The topological polar surface area (TPSA) is 52.4 Å². The summed E-state index contributed by atoms with van der Waals surface area (Å²) < 4.78 is 5.29. The zero-order valence-corrected chi connectivity index (χ0v) is 16.7. The molecule has 4 heteroatoms. The summed E-state index contributed by atoms with van der Waals surface area (Å²) in [6, 6.07) is 23.7. The first-order valence-electron chi connectivity index (χ1n) is 9.29. The van der Waals surface area contributed by atoms with Gasteiger partial charge in [-0.05, 0) is 40.3 Å². The van der Waals surface area contributed by atoms with E-state index >= 15 is 0 Å². The summed E-state index contributed by atoms with van der Waals surface area (Å²) in [5, 5.41) is 11.6. The second-order valence-corrected chi connectivity index (χ2v) is 7.90. The van der Waals surface area contributed by atoms with E-state index in [0.29, 0.717) is 0 Å². The summed E-state index contributed by atoms with van der Waals surface area (Å²) in [7, 11) is 1.65. The van der Waals surface area contributed by atoms with Crippen molar-refractivity contribution in [1.29, 1.82) is 0 Å². The maximum atomic E-state index is 11.6. The smallest absolute Gasteiger partial charge is 0.273 e. The van der Waals surface area contributed by atoms with Gasteiger partial charge in [-0.15, -0.1) is 0 Å². The fourth-order valence-corrected chi connectivity index (χ4v) is 3.51. The van der Waals surface area contributed by atoms with E-state index in [0.717, 1.165) is 28.0 Å². The van der Waals surface area contributed by atoms with Gasteiger partial charge in [0.15, 0.2) is 0 Å². The molecule has 144 valence electrons. The molecule has 0 aromatic heterocycles. The van der Waals surface area contributed by atoms with Gasteiger partial charge < -0.3 is 4.74 Å². The number of nitro groups is 1. The largest absolute Gasteiger partial charge is 0.497 e. The summed E-state index contributed by atoms with van der Waals surface area (Å²) in [6.07, 6.45) is 0. The summed E-state index contributed by atoms with van der Waals surface area (Å²) in [5.41, 5.74) is 3.86. The molecule has 3 aromatic rings. The molecule has 0 aliphatic heterocycles. The molecule has 0 aliphatic rings. The number of hydrogen-bond acceptors (Lipinski definition) is 3. The van der Waals surface area contributed by atoms with Crippen LogP contribution in [-0.2, 0) is 5.41 Å². The van der Waals surface area contributed by atoms with Gasteiger partial charge >= 0.3 is 0 Å². The van der Waals surface area contributed by atoms with Crippen LogP contribution >= 0.6 is 0 Å². The summed E-state index contributed by atoms with van der Waals surface area (Å²) in [6.45, 7) is 6.01. The molecular formula is C24H25NO3. The third kappa shape index (κ3) is 4.06. The normalized spacial score (nSPS) is 12.4. The monoisotopic (exact) mass is 375 g/mol. The lowest BCUT2D eigenvalue weighted by atomic mass is 9.80. The van der Waals surface area contributed by atoms with Crippen LogP contribution in [0.4, 0.5) is 5.69 Å². The third-order valence-corrected chi connectivity index (χ3v) is 4.94. The van der Waals surface area contributed by atoms with Gasteiger partial charge in [-0.25, -0.2) is 0 Å². The van der Waals surface area contributed by atoms with Crippen LogP contribution in [0.3, 0.4) is 0 Å². The molecule has 0 heterocycles. The Kier molecular flexibility index (Phi) is 5.50. The molecule has 0 fully saturated rings. The molecule has 1 atom stereocenters. The third-order valence-electron chi connectivity index (χ3n) is 4.94. The maximum absolute atomic E-state index is 11.6. The Labute approximate surface area is 166 Å². The lowest BCUT2D eigenvalue weighted by molar-refractivity contribution is -0.386. The zero-order valence-electron chi connectivity index (χ0n) is 16.7. The number of benzene rings is 3. The van der Waals surface area contributed by atoms with Crippen molar-refractivity contribution in [2.75, 3.05) is 7.11 Å². The average Bonchev–Trinajstić information content (AvgIpc) is 2.69. The van der Waals surface area contributed by atoms with Crippen LogP contribution in [0.1, 0.15) is 48.9 Å². The predicted molar refractivity (Wildman–Crippen MR) is 112 cm³/mol. The minimum atomic E-state index is -0.334. The van der Waals surface area contributed by atoms with Crippen LogP contribution in [0.25, 0.3) is 0 Å². The molecule has 0 N–H and O–H groups in total. The van der Waals surface area contributed by atoms with Gasteiger partial charge in [0.2, 0.25) is 0 Å². The maximum Gasteiger partial charge on any atom is 0.273 e. The molecule has 0 bridgehead atoms. The molecule has 0 aliphatic carbocycles. The average molecular weight is 375 g/mol. The number of hydrogen-bond donors (Lipinski definition) is 0.